The maximum Gasteiger partial charge on any atom is 0.350 e. The van der Waals surface area contributed by atoms with E-state index in [0.29, 0.717) is 15.8 Å². The molecular weight excluding hydrogens is 406 g/mol. The maximum absolute atomic E-state index is 6.15. The van der Waals surface area contributed by atoms with E-state index in [9.17, 15) is 0 Å². The van der Waals surface area contributed by atoms with E-state index in [1.165, 1.54) is 30.2 Å². The van der Waals surface area contributed by atoms with Crippen LogP contribution in [0.2, 0.25) is 5.02 Å². The number of ether oxygens (including phenoxy) is 1. The molecule has 0 aromatic carbocycles. The highest BCUT2D eigenvalue weighted by atomic mass is 35.5. The first-order valence-corrected chi connectivity index (χ1v) is 10.2. The Morgan fingerprint density at radius 2 is 2.11 bits per heavy atom. The molecule has 140 valence electrons. The van der Waals surface area contributed by atoms with Crippen molar-refractivity contribution in [2.75, 3.05) is 13.4 Å². The standard InChI is InChI=1S/C17H16ClN5O2S2/c1-9-13(27-15(20-9)11-6-5-7-19-8-11)10(2)23-25-17-21-14(24-3)12(18)16(22-17)26-4/h5-8H,1-4H3/b23-10+. The van der Waals surface area contributed by atoms with Crippen LogP contribution in [0.15, 0.2) is 34.7 Å². The van der Waals surface area contributed by atoms with Crippen LogP contribution in [0.4, 0.5) is 0 Å². The lowest BCUT2D eigenvalue weighted by Gasteiger charge is -2.07. The molecule has 0 atom stereocenters. The quantitative estimate of drug-likeness (QED) is 0.251. The number of hydrogen-bond acceptors (Lipinski definition) is 9. The summed E-state index contributed by atoms with van der Waals surface area (Å²) in [7, 11) is 1.48. The Morgan fingerprint density at radius 1 is 1.30 bits per heavy atom. The molecule has 0 aliphatic heterocycles. The van der Waals surface area contributed by atoms with Gasteiger partial charge in [-0.15, -0.1) is 23.1 Å². The average molecular weight is 422 g/mol. The Bertz CT molecular complexity index is 954. The summed E-state index contributed by atoms with van der Waals surface area (Å²) < 4.78 is 5.15. The first kappa shape index (κ1) is 19.5. The van der Waals surface area contributed by atoms with Crippen LogP contribution in [0.3, 0.4) is 0 Å². The molecule has 0 N–H and O–H groups in total. The number of methoxy groups -OCH3 is 1. The van der Waals surface area contributed by atoms with Crippen LogP contribution in [0.5, 0.6) is 11.9 Å². The number of aromatic nitrogens is 4. The zero-order valence-corrected chi connectivity index (χ0v) is 17.4. The third-order valence-corrected chi connectivity index (χ3v) is 5.90. The molecule has 0 unspecified atom stereocenters. The lowest BCUT2D eigenvalue weighted by atomic mass is 10.3. The van der Waals surface area contributed by atoms with Gasteiger partial charge in [-0.3, -0.25) is 4.98 Å². The van der Waals surface area contributed by atoms with E-state index < -0.39 is 0 Å². The Balaban J connectivity index is 1.86. The fourth-order valence-electron chi connectivity index (χ4n) is 2.20. The van der Waals surface area contributed by atoms with Crippen LogP contribution in [0, 0.1) is 6.92 Å². The van der Waals surface area contributed by atoms with Crippen LogP contribution in [0.1, 0.15) is 17.5 Å². The van der Waals surface area contributed by atoms with Gasteiger partial charge in [-0.1, -0.05) is 16.8 Å². The van der Waals surface area contributed by atoms with Crippen LogP contribution >= 0.6 is 34.7 Å². The molecule has 3 heterocycles. The molecule has 0 radical (unpaired) electrons. The number of nitrogens with zero attached hydrogens (tertiary/aromatic N) is 5. The molecule has 0 bridgehead atoms. The van der Waals surface area contributed by atoms with Crippen LogP contribution in [-0.2, 0) is 0 Å². The second-order valence-corrected chi connectivity index (χ2v) is 7.45. The molecule has 10 heteroatoms. The molecule has 3 aromatic rings. The highest BCUT2D eigenvalue weighted by Gasteiger charge is 2.15. The van der Waals surface area contributed by atoms with Gasteiger partial charge in [0, 0.05) is 18.0 Å². The maximum atomic E-state index is 6.15. The highest BCUT2D eigenvalue weighted by Crippen LogP contribution is 2.32. The summed E-state index contributed by atoms with van der Waals surface area (Å²) in [5.41, 5.74) is 2.49. The van der Waals surface area contributed by atoms with Gasteiger partial charge in [0.05, 0.1) is 23.4 Å². The van der Waals surface area contributed by atoms with E-state index in [1.807, 2.05) is 32.2 Å². The van der Waals surface area contributed by atoms with E-state index in [2.05, 4.69) is 25.1 Å². The lowest BCUT2D eigenvalue weighted by molar-refractivity contribution is 0.299. The summed E-state index contributed by atoms with van der Waals surface area (Å²) in [6.45, 7) is 3.77. The van der Waals surface area contributed by atoms with Gasteiger partial charge in [0.15, 0.2) is 0 Å². The minimum Gasteiger partial charge on any atom is -0.480 e. The number of aryl methyl sites for hydroxylation is 1. The topological polar surface area (TPSA) is 82.4 Å². The van der Waals surface area contributed by atoms with Gasteiger partial charge >= 0.3 is 6.01 Å². The van der Waals surface area contributed by atoms with Crippen LogP contribution < -0.4 is 9.57 Å². The van der Waals surface area contributed by atoms with Crippen molar-refractivity contribution in [1.82, 2.24) is 19.9 Å². The molecule has 0 amide bonds. The van der Waals surface area contributed by atoms with Crippen molar-refractivity contribution in [3.8, 4) is 22.5 Å². The fourth-order valence-corrected chi connectivity index (χ4v) is 4.02. The minimum atomic E-state index is 0.0644. The van der Waals surface area contributed by atoms with Crippen molar-refractivity contribution in [1.29, 1.82) is 0 Å². The van der Waals surface area contributed by atoms with Crippen molar-refractivity contribution in [3.05, 3.63) is 40.1 Å². The molecule has 0 saturated carbocycles. The van der Waals surface area contributed by atoms with Crippen molar-refractivity contribution in [2.24, 2.45) is 5.16 Å². The molecule has 0 fully saturated rings. The molecular formula is C17H16ClN5O2S2. The molecule has 7 nitrogen and oxygen atoms in total. The first-order valence-electron chi connectivity index (χ1n) is 7.78. The van der Waals surface area contributed by atoms with Crippen LogP contribution in [0.25, 0.3) is 10.6 Å². The molecule has 27 heavy (non-hydrogen) atoms. The van der Waals surface area contributed by atoms with Crippen molar-refractivity contribution in [2.45, 2.75) is 18.9 Å². The molecule has 0 aliphatic rings. The normalized spacial score (nSPS) is 11.5. The first-order chi connectivity index (χ1) is 13.0. The van der Waals surface area contributed by atoms with Gasteiger partial charge in [-0.2, -0.15) is 9.97 Å². The number of rotatable bonds is 6. The Labute approximate surface area is 169 Å². The SMILES string of the molecule is COc1nc(O/N=C(\C)c2sc(-c3cccnc3)nc2C)nc(SC)c1Cl. The van der Waals surface area contributed by atoms with E-state index in [-0.39, 0.29) is 11.9 Å². The number of oxime groups is 1. The Kier molecular flexibility index (Phi) is 6.25. The third kappa shape index (κ3) is 4.37. The molecule has 3 aromatic heterocycles. The zero-order chi connectivity index (χ0) is 19.4. The predicted octanol–water partition coefficient (Wildman–Crippen LogP) is 4.49. The Morgan fingerprint density at radius 3 is 2.78 bits per heavy atom. The number of pyridine rings is 1. The summed E-state index contributed by atoms with van der Waals surface area (Å²) in [5, 5.41) is 5.93. The number of thiazole rings is 1. The summed E-state index contributed by atoms with van der Waals surface area (Å²) in [6.07, 6.45) is 5.37. The molecule has 0 aliphatic carbocycles. The third-order valence-electron chi connectivity index (χ3n) is 3.45. The molecule has 0 saturated heterocycles. The Hall–Kier alpha value is -2.23. The van der Waals surface area contributed by atoms with Gasteiger partial charge in [0.1, 0.15) is 15.1 Å². The highest BCUT2D eigenvalue weighted by molar-refractivity contribution is 7.98. The fraction of sp³-hybridized carbons (Fsp3) is 0.235. The van der Waals surface area contributed by atoms with Gasteiger partial charge < -0.3 is 9.57 Å². The minimum absolute atomic E-state index is 0.0644. The average Bonchev–Trinajstić information content (AvgIpc) is 3.09. The van der Waals surface area contributed by atoms with E-state index >= 15 is 0 Å². The monoisotopic (exact) mass is 421 g/mol. The van der Waals surface area contributed by atoms with Crippen molar-refractivity contribution < 1.29 is 9.57 Å². The largest absolute Gasteiger partial charge is 0.480 e. The van der Waals surface area contributed by atoms with Crippen molar-refractivity contribution in [3.63, 3.8) is 0 Å². The summed E-state index contributed by atoms with van der Waals surface area (Å²) in [6, 6.07) is 3.91. The van der Waals surface area contributed by atoms with E-state index in [1.54, 1.807) is 12.4 Å². The number of halogens is 1. The summed E-state index contributed by atoms with van der Waals surface area (Å²) in [5.74, 6) is 0.242. The van der Waals surface area contributed by atoms with Gasteiger partial charge in [0.2, 0.25) is 5.88 Å². The van der Waals surface area contributed by atoms with Crippen molar-refractivity contribution >= 4 is 40.4 Å². The molecule has 3 rings (SSSR count). The summed E-state index contributed by atoms with van der Waals surface area (Å²) in [4.78, 5) is 23.4. The van der Waals surface area contributed by atoms with E-state index in [4.69, 9.17) is 21.2 Å². The second kappa shape index (κ2) is 8.64. The number of hydrogen-bond donors (Lipinski definition) is 0. The summed E-state index contributed by atoms with van der Waals surface area (Å²) >= 11 is 9.04. The zero-order valence-electron chi connectivity index (χ0n) is 15.1. The molecule has 0 spiro atoms. The van der Waals surface area contributed by atoms with Crippen LogP contribution in [-0.4, -0.2) is 39.0 Å². The smallest absolute Gasteiger partial charge is 0.350 e. The van der Waals surface area contributed by atoms with Gasteiger partial charge in [-0.05, 0) is 32.2 Å². The lowest BCUT2D eigenvalue weighted by Crippen LogP contribution is -2.01. The predicted molar refractivity (Wildman–Crippen MR) is 108 cm³/mol. The van der Waals surface area contributed by atoms with E-state index in [0.717, 1.165) is 21.1 Å². The van der Waals surface area contributed by atoms with Gasteiger partial charge in [-0.25, -0.2) is 4.98 Å². The van der Waals surface area contributed by atoms with Gasteiger partial charge in [0.25, 0.3) is 0 Å². The number of thioether (sulfide) groups is 1. The second-order valence-electron chi connectivity index (χ2n) is 5.28.